The Morgan fingerprint density at radius 2 is 0.943 bits per heavy atom. The molecule has 0 rings (SSSR count). The predicted molar refractivity (Wildman–Crippen MR) is 189 cm³/mol. The minimum absolute atomic E-state index is 0.104. The summed E-state index contributed by atoms with van der Waals surface area (Å²) in [5, 5.41) is 45.1. The molecule has 5 atom stereocenters. The number of nitrogens with two attached hydrogens (primary N) is 3. The highest BCUT2D eigenvalue weighted by molar-refractivity contribution is 7.80. The minimum Gasteiger partial charge on any atom is -0.480 e. The number of aliphatic carboxylic acids is 1. The van der Waals surface area contributed by atoms with Crippen LogP contribution in [0, 0.1) is 0 Å². The highest BCUT2D eigenvalue weighted by atomic mass is 32.1. The summed E-state index contributed by atoms with van der Waals surface area (Å²) in [4.78, 5) is 110. The zero-order valence-electron chi connectivity index (χ0n) is 29.2. The summed E-state index contributed by atoms with van der Waals surface area (Å²) in [5.74, 6) is -8.20. The fourth-order valence-electron chi connectivity index (χ4n) is 4.08. The number of carboxylic acids is 1. The second-order valence-corrected chi connectivity index (χ2v) is 11.8. The van der Waals surface area contributed by atoms with Crippen LogP contribution in [0.3, 0.4) is 0 Å². The lowest BCUT2D eigenvalue weighted by Gasteiger charge is -2.23. The maximum atomic E-state index is 12.9. The van der Waals surface area contributed by atoms with E-state index in [1.54, 1.807) is 0 Å². The Labute approximate surface area is 310 Å². The Balaban J connectivity index is 4.89. The number of hydrogen-bond donors (Lipinski definition) is 15. The number of amides is 8. The number of nitrogens with one attached hydrogen (secondary N) is 8. The Hall–Kier alpha value is -4.62. The Morgan fingerprint density at radius 3 is 1.40 bits per heavy atom. The van der Waals surface area contributed by atoms with Crippen LogP contribution >= 0.6 is 12.6 Å². The van der Waals surface area contributed by atoms with E-state index in [2.05, 4.69) is 49.8 Å². The minimum atomic E-state index is -1.58. The molecule has 17 N–H and O–H groups in total. The molecule has 53 heavy (non-hydrogen) atoms. The highest BCUT2D eigenvalue weighted by Gasteiger charge is 2.28. The van der Waals surface area contributed by atoms with Crippen molar-refractivity contribution >= 4 is 65.9 Å². The van der Waals surface area contributed by atoms with Crippen molar-refractivity contribution < 1.29 is 58.5 Å². The maximum absolute atomic E-state index is 12.9. The van der Waals surface area contributed by atoms with Gasteiger partial charge in [-0.05, 0) is 45.2 Å². The highest BCUT2D eigenvalue weighted by Crippen LogP contribution is 2.04. The second kappa shape index (κ2) is 28.0. The maximum Gasteiger partial charge on any atom is 0.328 e. The van der Waals surface area contributed by atoms with E-state index in [1.165, 1.54) is 0 Å². The number of unbranched alkanes of at least 4 members (excludes halogenated alkanes) is 2. The number of rotatable bonds is 28. The number of aliphatic hydroxyl groups excluding tert-OH is 2. The van der Waals surface area contributed by atoms with E-state index in [-0.39, 0.29) is 12.2 Å². The fourth-order valence-corrected chi connectivity index (χ4v) is 4.34. The molecule has 0 radical (unpaired) electrons. The number of carbonyl (C=O) groups is 9. The van der Waals surface area contributed by atoms with Crippen molar-refractivity contribution in [2.24, 2.45) is 17.2 Å². The first-order valence-corrected chi connectivity index (χ1v) is 17.3. The van der Waals surface area contributed by atoms with Crippen molar-refractivity contribution in [1.29, 1.82) is 0 Å². The molecular weight excluding hydrogens is 726 g/mol. The molecule has 0 spiro atoms. The van der Waals surface area contributed by atoms with Crippen molar-refractivity contribution in [3.8, 4) is 0 Å². The first-order chi connectivity index (χ1) is 25.1. The zero-order valence-corrected chi connectivity index (χ0v) is 30.1. The molecule has 0 heterocycles. The molecule has 0 aromatic heterocycles. The Kier molecular flexibility index (Phi) is 25.5. The van der Waals surface area contributed by atoms with Crippen molar-refractivity contribution in [2.75, 3.05) is 58.2 Å². The van der Waals surface area contributed by atoms with E-state index >= 15 is 0 Å². The summed E-state index contributed by atoms with van der Waals surface area (Å²) in [6.45, 7) is -3.70. The molecule has 0 saturated carbocycles. The van der Waals surface area contributed by atoms with Crippen molar-refractivity contribution in [1.82, 2.24) is 42.5 Å². The van der Waals surface area contributed by atoms with Crippen LogP contribution in [0.4, 0.5) is 0 Å². The Bertz CT molecular complexity index is 1250. The summed E-state index contributed by atoms with van der Waals surface area (Å²) in [5.41, 5.74) is 16.9. The standard InChI is InChI=1S/C29H53N11O12S/c30-7-3-1-5-16(32)25(47)40-20(15-53)28(50)39-17(6-2-4-8-31)26(48)35-9-21(43)33-11-23(45)37-18(13-41)27(49)36-10-22(44)34-12-24(46)38-19(14-42)29(51)52/h16-20,41-42,53H,1-15,30-32H2,(H,33,43)(H,34,44)(H,35,48)(H,36,49)(H,37,45)(H,38,46)(H,39,50)(H,40,47)(H,51,52)/t16-,17-,18-,19-,20-/m0/s1. The van der Waals surface area contributed by atoms with Crippen LogP contribution in [0.25, 0.3) is 0 Å². The van der Waals surface area contributed by atoms with E-state index in [1.807, 2.05) is 5.32 Å². The molecule has 0 aliphatic heterocycles. The quantitative estimate of drug-likeness (QED) is 0.0259. The molecule has 0 aromatic rings. The van der Waals surface area contributed by atoms with Gasteiger partial charge in [-0.25, -0.2) is 4.79 Å². The molecule has 0 aromatic carbocycles. The van der Waals surface area contributed by atoms with Gasteiger partial charge in [0.15, 0.2) is 0 Å². The number of hydrogen-bond acceptors (Lipinski definition) is 15. The molecule has 23 nitrogen and oxygen atoms in total. The van der Waals surface area contributed by atoms with Gasteiger partial charge in [0, 0.05) is 5.75 Å². The van der Waals surface area contributed by atoms with E-state index in [9.17, 15) is 48.3 Å². The van der Waals surface area contributed by atoms with Gasteiger partial charge in [0.1, 0.15) is 24.2 Å². The molecule has 0 saturated heterocycles. The van der Waals surface area contributed by atoms with Gasteiger partial charge in [0.05, 0.1) is 45.4 Å². The summed E-state index contributed by atoms with van der Waals surface area (Å²) in [6.07, 6.45) is 2.76. The van der Waals surface area contributed by atoms with Crippen LogP contribution in [0.5, 0.6) is 0 Å². The SMILES string of the molecule is NCCCC[C@H](NC(=O)[C@H](CS)NC(=O)[C@@H](N)CCCCN)C(=O)NCC(=O)NCC(=O)N[C@@H](CO)C(=O)NCC(=O)NCC(=O)N[C@@H](CO)C(=O)O. The van der Waals surface area contributed by atoms with Crippen LogP contribution in [-0.2, 0) is 43.2 Å². The van der Waals surface area contributed by atoms with E-state index in [0.717, 1.165) is 0 Å². The van der Waals surface area contributed by atoms with Crippen molar-refractivity contribution in [2.45, 2.75) is 68.7 Å². The van der Waals surface area contributed by atoms with Crippen LogP contribution in [0.1, 0.15) is 38.5 Å². The van der Waals surface area contributed by atoms with Gasteiger partial charge >= 0.3 is 5.97 Å². The van der Waals surface area contributed by atoms with Gasteiger partial charge < -0.3 is 75.1 Å². The van der Waals surface area contributed by atoms with Gasteiger partial charge in [-0.2, -0.15) is 12.6 Å². The van der Waals surface area contributed by atoms with Gasteiger partial charge in [0.2, 0.25) is 47.3 Å². The van der Waals surface area contributed by atoms with E-state index in [4.69, 9.17) is 27.4 Å². The molecule has 0 aliphatic rings. The molecule has 8 amide bonds. The summed E-state index contributed by atoms with van der Waals surface area (Å²) in [6, 6.07) is -6.25. The second-order valence-electron chi connectivity index (χ2n) is 11.4. The summed E-state index contributed by atoms with van der Waals surface area (Å²) in [7, 11) is 0. The lowest BCUT2D eigenvalue weighted by atomic mass is 10.1. The van der Waals surface area contributed by atoms with Gasteiger partial charge in [-0.1, -0.05) is 6.42 Å². The molecule has 0 unspecified atom stereocenters. The molecular formula is C29H53N11O12S. The molecule has 0 bridgehead atoms. The number of aliphatic hydroxyl groups is 2. The third-order valence-electron chi connectivity index (χ3n) is 7.09. The third-order valence-corrected chi connectivity index (χ3v) is 7.46. The topological polar surface area (TPSA) is 389 Å². The van der Waals surface area contributed by atoms with Gasteiger partial charge in [-0.15, -0.1) is 0 Å². The fraction of sp³-hybridized carbons (Fsp3) is 0.690. The van der Waals surface area contributed by atoms with E-state index < -0.39 is 123 Å². The van der Waals surface area contributed by atoms with Gasteiger partial charge in [0.25, 0.3) is 0 Å². The first-order valence-electron chi connectivity index (χ1n) is 16.6. The Morgan fingerprint density at radius 1 is 0.509 bits per heavy atom. The lowest BCUT2D eigenvalue weighted by Crippen LogP contribution is -2.57. The first kappa shape index (κ1) is 48.4. The number of carbonyl (C=O) groups excluding carboxylic acids is 8. The van der Waals surface area contributed by atoms with Crippen LogP contribution < -0.4 is 59.7 Å². The average molecular weight is 780 g/mol. The van der Waals surface area contributed by atoms with Gasteiger partial charge in [-0.3, -0.25) is 38.4 Å². The number of carboxylic acid groups (broad SMARTS) is 1. The summed E-state index contributed by atoms with van der Waals surface area (Å²) >= 11 is 4.12. The third kappa shape index (κ3) is 21.5. The van der Waals surface area contributed by atoms with Crippen LogP contribution in [-0.4, -0.2) is 157 Å². The van der Waals surface area contributed by atoms with Crippen LogP contribution in [0.15, 0.2) is 0 Å². The summed E-state index contributed by atoms with van der Waals surface area (Å²) < 4.78 is 0. The lowest BCUT2D eigenvalue weighted by molar-refractivity contribution is -0.142. The predicted octanol–water partition coefficient (Wildman–Crippen LogP) is -8.03. The largest absolute Gasteiger partial charge is 0.480 e. The van der Waals surface area contributed by atoms with Crippen LogP contribution in [0.2, 0.25) is 0 Å². The molecule has 0 aliphatic carbocycles. The molecule has 302 valence electrons. The zero-order chi connectivity index (χ0) is 40.3. The molecule has 24 heteroatoms. The monoisotopic (exact) mass is 779 g/mol. The van der Waals surface area contributed by atoms with Crippen molar-refractivity contribution in [3.63, 3.8) is 0 Å². The number of thiol groups is 1. The average Bonchev–Trinajstić information content (AvgIpc) is 3.13. The molecule has 0 fully saturated rings. The normalized spacial score (nSPS) is 13.5. The van der Waals surface area contributed by atoms with Crippen molar-refractivity contribution in [3.05, 3.63) is 0 Å². The van der Waals surface area contributed by atoms with E-state index in [0.29, 0.717) is 45.2 Å². The smallest absolute Gasteiger partial charge is 0.328 e.